The molecule has 0 bridgehead atoms. The SMILES string of the molecule is [CH]OC(C)C1=NOC(C)(C)C1. The van der Waals surface area contributed by atoms with Crippen molar-refractivity contribution < 1.29 is 9.57 Å². The van der Waals surface area contributed by atoms with Gasteiger partial charge in [-0.05, 0) is 20.8 Å². The molecule has 1 aliphatic rings. The minimum absolute atomic E-state index is 0.142. The smallest absolute Gasteiger partial charge is 0.137 e. The molecule has 0 aromatic rings. The second-order valence-corrected chi connectivity index (χ2v) is 3.39. The van der Waals surface area contributed by atoms with Gasteiger partial charge in [0.05, 0.1) is 11.8 Å². The predicted octanol–water partition coefficient (Wildman–Crippen LogP) is 1.61. The Labute approximate surface area is 67.4 Å². The average Bonchev–Trinajstić information content (AvgIpc) is 2.29. The molecule has 1 heterocycles. The fraction of sp³-hybridized carbons (Fsp3) is 0.750. The first-order valence-electron chi connectivity index (χ1n) is 3.65. The second kappa shape index (κ2) is 2.81. The first-order chi connectivity index (χ1) is 5.05. The van der Waals surface area contributed by atoms with Gasteiger partial charge in [0.25, 0.3) is 0 Å². The van der Waals surface area contributed by atoms with Crippen LogP contribution in [0.4, 0.5) is 0 Å². The molecule has 0 aromatic heterocycles. The molecule has 3 nitrogen and oxygen atoms in total. The van der Waals surface area contributed by atoms with Crippen molar-refractivity contribution in [3.8, 4) is 0 Å². The van der Waals surface area contributed by atoms with Crippen LogP contribution in [0, 0.1) is 7.11 Å². The monoisotopic (exact) mass is 155 g/mol. The summed E-state index contributed by atoms with van der Waals surface area (Å²) in [6, 6.07) is 0. The van der Waals surface area contributed by atoms with E-state index in [-0.39, 0.29) is 11.7 Å². The number of ether oxygens (including phenoxy) is 1. The van der Waals surface area contributed by atoms with Gasteiger partial charge in [-0.15, -0.1) is 0 Å². The molecular formula is C8H13NO2. The summed E-state index contributed by atoms with van der Waals surface area (Å²) in [7, 11) is 5.00. The van der Waals surface area contributed by atoms with Crippen molar-refractivity contribution >= 4 is 5.71 Å². The normalized spacial score (nSPS) is 24.2. The van der Waals surface area contributed by atoms with Crippen molar-refractivity contribution in [3.63, 3.8) is 0 Å². The lowest BCUT2D eigenvalue weighted by atomic mass is 10.0. The van der Waals surface area contributed by atoms with Crippen LogP contribution in [0.2, 0.25) is 0 Å². The molecular weight excluding hydrogens is 142 g/mol. The van der Waals surface area contributed by atoms with Gasteiger partial charge < -0.3 is 9.57 Å². The molecule has 0 N–H and O–H groups in total. The Balaban J connectivity index is 2.52. The van der Waals surface area contributed by atoms with E-state index in [0.29, 0.717) is 0 Å². The third kappa shape index (κ3) is 1.93. The molecule has 1 atom stereocenters. The summed E-state index contributed by atoms with van der Waals surface area (Å²) in [6.45, 7) is 5.81. The molecule has 1 rings (SSSR count). The largest absolute Gasteiger partial charge is 0.389 e. The maximum atomic E-state index is 5.13. The molecule has 0 saturated heterocycles. The zero-order valence-electron chi connectivity index (χ0n) is 7.13. The molecule has 11 heavy (non-hydrogen) atoms. The van der Waals surface area contributed by atoms with Gasteiger partial charge in [0.15, 0.2) is 0 Å². The number of hydrogen-bond donors (Lipinski definition) is 0. The van der Waals surface area contributed by atoms with E-state index in [1.807, 2.05) is 20.8 Å². The van der Waals surface area contributed by atoms with E-state index >= 15 is 0 Å². The molecule has 62 valence electrons. The highest BCUT2D eigenvalue weighted by molar-refractivity contribution is 5.89. The van der Waals surface area contributed by atoms with Crippen LogP contribution in [0.1, 0.15) is 27.2 Å². The van der Waals surface area contributed by atoms with Crippen molar-refractivity contribution in [2.75, 3.05) is 0 Å². The molecule has 0 saturated carbocycles. The van der Waals surface area contributed by atoms with E-state index in [0.717, 1.165) is 12.1 Å². The van der Waals surface area contributed by atoms with Crippen molar-refractivity contribution in [1.29, 1.82) is 0 Å². The van der Waals surface area contributed by atoms with E-state index in [9.17, 15) is 0 Å². The van der Waals surface area contributed by atoms with Gasteiger partial charge in [-0.3, -0.25) is 0 Å². The van der Waals surface area contributed by atoms with Crippen molar-refractivity contribution in [3.05, 3.63) is 7.11 Å². The topological polar surface area (TPSA) is 30.8 Å². The lowest BCUT2D eigenvalue weighted by Crippen LogP contribution is -2.24. The number of nitrogens with zero attached hydrogens (tertiary/aromatic N) is 1. The molecule has 1 aliphatic heterocycles. The highest BCUT2D eigenvalue weighted by Gasteiger charge is 2.31. The second-order valence-electron chi connectivity index (χ2n) is 3.39. The van der Waals surface area contributed by atoms with E-state index in [1.165, 1.54) is 0 Å². The molecule has 0 fully saturated rings. The lowest BCUT2D eigenvalue weighted by Gasteiger charge is -2.14. The van der Waals surface area contributed by atoms with E-state index in [4.69, 9.17) is 11.9 Å². The van der Waals surface area contributed by atoms with Gasteiger partial charge in [-0.25, -0.2) is 0 Å². The first-order valence-corrected chi connectivity index (χ1v) is 3.65. The van der Waals surface area contributed by atoms with E-state index < -0.39 is 0 Å². The minimum atomic E-state index is -0.192. The van der Waals surface area contributed by atoms with Crippen LogP contribution in [0.5, 0.6) is 0 Å². The maximum Gasteiger partial charge on any atom is 0.137 e. The van der Waals surface area contributed by atoms with E-state index in [2.05, 4.69) is 9.89 Å². The van der Waals surface area contributed by atoms with Crippen LogP contribution in [-0.2, 0) is 9.57 Å². The molecule has 0 amide bonds. The van der Waals surface area contributed by atoms with Gasteiger partial charge >= 0.3 is 0 Å². The quantitative estimate of drug-likeness (QED) is 0.606. The molecule has 3 heteroatoms. The summed E-state index contributed by atoms with van der Waals surface area (Å²) in [5.74, 6) is 0. The van der Waals surface area contributed by atoms with Crippen LogP contribution >= 0.6 is 0 Å². The Morgan fingerprint density at radius 1 is 1.73 bits per heavy atom. The summed E-state index contributed by atoms with van der Waals surface area (Å²) in [4.78, 5) is 5.13. The Morgan fingerprint density at radius 3 is 2.73 bits per heavy atom. The van der Waals surface area contributed by atoms with Crippen LogP contribution in [0.3, 0.4) is 0 Å². The molecule has 2 radical (unpaired) electrons. The number of rotatable bonds is 2. The van der Waals surface area contributed by atoms with Crippen LogP contribution in [0.25, 0.3) is 0 Å². The zero-order chi connectivity index (χ0) is 8.48. The number of oxime groups is 1. The fourth-order valence-electron chi connectivity index (χ4n) is 0.979. The van der Waals surface area contributed by atoms with E-state index in [1.54, 1.807) is 0 Å². The molecule has 1 unspecified atom stereocenters. The van der Waals surface area contributed by atoms with Crippen LogP contribution in [0.15, 0.2) is 5.16 Å². The number of hydrogen-bond acceptors (Lipinski definition) is 3. The van der Waals surface area contributed by atoms with Gasteiger partial charge in [-0.2, -0.15) is 0 Å². The standard InChI is InChI=1S/C8H13NO2/c1-6(10-4)7-5-8(2,3)11-9-7/h4,6H,5H2,1-3H3. The van der Waals surface area contributed by atoms with Crippen molar-refractivity contribution in [1.82, 2.24) is 0 Å². The first kappa shape index (κ1) is 8.53. The Kier molecular flexibility index (Phi) is 2.18. The fourth-order valence-corrected chi connectivity index (χ4v) is 0.979. The average molecular weight is 155 g/mol. The third-order valence-corrected chi connectivity index (χ3v) is 1.69. The van der Waals surface area contributed by atoms with Gasteiger partial charge in [0.1, 0.15) is 12.7 Å². The Hall–Kier alpha value is -0.570. The highest BCUT2D eigenvalue weighted by atomic mass is 16.7. The van der Waals surface area contributed by atoms with Crippen molar-refractivity contribution in [2.45, 2.75) is 38.9 Å². The summed E-state index contributed by atoms with van der Waals surface area (Å²) in [5.41, 5.74) is 0.680. The van der Waals surface area contributed by atoms with Crippen LogP contribution in [-0.4, -0.2) is 17.4 Å². The predicted molar refractivity (Wildman–Crippen MR) is 42.1 cm³/mol. The summed E-state index contributed by atoms with van der Waals surface area (Å²) in [5, 5.41) is 3.87. The summed E-state index contributed by atoms with van der Waals surface area (Å²) >= 11 is 0. The summed E-state index contributed by atoms with van der Waals surface area (Å²) < 4.78 is 4.62. The zero-order valence-corrected chi connectivity index (χ0v) is 7.13. The lowest BCUT2D eigenvalue weighted by molar-refractivity contribution is 0.0123. The molecule has 0 spiro atoms. The minimum Gasteiger partial charge on any atom is -0.389 e. The highest BCUT2D eigenvalue weighted by Crippen LogP contribution is 2.24. The maximum absolute atomic E-state index is 5.13. The van der Waals surface area contributed by atoms with Gasteiger partial charge in [-0.1, -0.05) is 5.16 Å². The molecule has 0 aromatic carbocycles. The van der Waals surface area contributed by atoms with Gasteiger partial charge in [0, 0.05) is 6.42 Å². The Morgan fingerprint density at radius 2 is 2.36 bits per heavy atom. The van der Waals surface area contributed by atoms with Crippen molar-refractivity contribution in [2.24, 2.45) is 5.16 Å². The summed E-state index contributed by atoms with van der Waals surface area (Å²) in [6.07, 6.45) is 0.641. The third-order valence-electron chi connectivity index (χ3n) is 1.69. The molecule has 0 aliphatic carbocycles. The van der Waals surface area contributed by atoms with Crippen LogP contribution < -0.4 is 0 Å². The Bertz CT molecular complexity index is 175. The van der Waals surface area contributed by atoms with Gasteiger partial charge in [0.2, 0.25) is 0 Å².